The van der Waals surface area contributed by atoms with Gasteiger partial charge in [0.2, 0.25) is 5.91 Å². The number of carbonyl (C=O) groups excluding carboxylic acids is 1. The van der Waals surface area contributed by atoms with Crippen LogP contribution < -0.4 is 9.64 Å². The molecule has 1 aromatic carbocycles. The molecule has 0 N–H and O–H groups in total. The van der Waals surface area contributed by atoms with Crippen LogP contribution in [0.4, 0.5) is 14.5 Å². The molecular weight excluding hydrogens is 326 g/mol. The predicted molar refractivity (Wildman–Crippen MR) is 89.0 cm³/mol. The molecule has 1 fully saturated rings. The van der Waals surface area contributed by atoms with Crippen LogP contribution in [0, 0.1) is 6.92 Å². The summed E-state index contributed by atoms with van der Waals surface area (Å²) in [7, 11) is 1.59. The van der Waals surface area contributed by atoms with Crippen molar-refractivity contribution in [3.8, 4) is 5.75 Å². The summed E-state index contributed by atoms with van der Waals surface area (Å²) in [6, 6.07) is 11.0. The van der Waals surface area contributed by atoms with Crippen molar-refractivity contribution in [2.75, 3.05) is 12.0 Å². The largest absolute Gasteiger partial charge is 0.497 e. The van der Waals surface area contributed by atoms with E-state index < -0.39 is 24.2 Å². The third-order valence-corrected chi connectivity index (χ3v) is 5.03. The molecule has 25 heavy (non-hydrogen) atoms. The highest BCUT2D eigenvalue weighted by molar-refractivity contribution is 6.08. The van der Waals surface area contributed by atoms with Crippen molar-refractivity contribution >= 4 is 11.6 Å². The van der Waals surface area contributed by atoms with Gasteiger partial charge in [-0.15, -0.1) is 0 Å². The highest BCUT2D eigenvalue weighted by Crippen LogP contribution is 2.59. The quantitative estimate of drug-likeness (QED) is 0.854. The van der Waals surface area contributed by atoms with E-state index in [2.05, 4.69) is 4.98 Å². The fourth-order valence-electron chi connectivity index (χ4n) is 3.81. The van der Waals surface area contributed by atoms with E-state index in [1.54, 1.807) is 18.9 Å². The van der Waals surface area contributed by atoms with Gasteiger partial charge in [0.25, 0.3) is 5.92 Å². The number of amides is 1. The lowest BCUT2D eigenvalue weighted by Gasteiger charge is -2.42. The van der Waals surface area contributed by atoms with Crippen LogP contribution in [0.3, 0.4) is 0 Å². The highest BCUT2D eigenvalue weighted by atomic mass is 19.3. The lowest BCUT2D eigenvalue weighted by molar-refractivity contribution is -0.155. The maximum absolute atomic E-state index is 13.6. The molecule has 0 unspecified atom stereocenters. The number of pyridine rings is 1. The second kappa shape index (κ2) is 5.25. The first-order chi connectivity index (χ1) is 11.8. The van der Waals surface area contributed by atoms with Gasteiger partial charge in [-0.3, -0.25) is 9.78 Å². The number of rotatable bonds is 3. The number of alkyl halides is 2. The lowest BCUT2D eigenvalue weighted by atomic mass is 9.64. The maximum atomic E-state index is 13.6. The van der Waals surface area contributed by atoms with Crippen molar-refractivity contribution in [1.82, 2.24) is 4.98 Å². The van der Waals surface area contributed by atoms with Gasteiger partial charge in [-0.1, -0.05) is 12.1 Å². The number of nitrogens with zero attached hydrogens (tertiary/aromatic N) is 2. The number of halogens is 2. The fraction of sp³-hybridized carbons (Fsp3) is 0.368. The van der Waals surface area contributed by atoms with Crippen molar-refractivity contribution in [2.45, 2.75) is 37.6 Å². The molecule has 4 rings (SSSR count). The summed E-state index contributed by atoms with van der Waals surface area (Å²) in [5.41, 5.74) is 1.60. The molecule has 1 aliphatic heterocycles. The molecule has 0 atom stereocenters. The Bertz CT molecular complexity index is 841. The van der Waals surface area contributed by atoms with E-state index in [1.807, 2.05) is 36.4 Å². The second-order valence-corrected chi connectivity index (χ2v) is 6.85. The standard InChI is InChI=1S/C19H18F2N2O2/c1-12-3-8-15-16(22-12)18(10-19(20,21)11-18)17(24)23(15)9-13-4-6-14(25-2)7-5-13/h3-8H,9-11H2,1-2H3. The molecule has 2 aromatic rings. The number of ether oxygens (including phenoxy) is 1. The third-order valence-electron chi connectivity index (χ3n) is 5.03. The number of benzene rings is 1. The molecule has 1 spiro atoms. The monoisotopic (exact) mass is 344 g/mol. The average molecular weight is 344 g/mol. The summed E-state index contributed by atoms with van der Waals surface area (Å²) in [4.78, 5) is 19.1. The van der Waals surface area contributed by atoms with E-state index >= 15 is 0 Å². The predicted octanol–water partition coefficient (Wildman–Crippen LogP) is 3.61. The Morgan fingerprint density at radius 1 is 1.16 bits per heavy atom. The first-order valence-electron chi connectivity index (χ1n) is 8.15. The van der Waals surface area contributed by atoms with E-state index in [0.29, 0.717) is 17.9 Å². The van der Waals surface area contributed by atoms with Gasteiger partial charge in [-0.05, 0) is 36.8 Å². The minimum absolute atomic E-state index is 0.276. The van der Waals surface area contributed by atoms with E-state index in [9.17, 15) is 13.6 Å². The molecule has 0 bridgehead atoms. The van der Waals surface area contributed by atoms with Crippen molar-refractivity contribution in [3.05, 3.63) is 53.3 Å². The molecule has 1 aliphatic carbocycles. The summed E-state index contributed by atoms with van der Waals surface area (Å²) < 4.78 is 32.4. The molecule has 130 valence electrons. The van der Waals surface area contributed by atoms with Gasteiger partial charge in [0.15, 0.2) is 0 Å². The Morgan fingerprint density at radius 3 is 2.44 bits per heavy atom. The molecule has 2 heterocycles. The van der Waals surface area contributed by atoms with E-state index in [0.717, 1.165) is 17.0 Å². The summed E-state index contributed by atoms with van der Waals surface area (Å²) in [6.45, 7) is 2.13. The van der Waals surface area contributed by atoms with E-state index in [-0.39, 0.29) is 5.91 Å². The number of anilines is 1. The summed E-state index contributed by atoms with van der Waals surface area (Å²) >= 11 is 0. The van der Waals surface area contributed by atoms with Crippen LogP contribution in [0.25, 0.3) is 0 Å². The third kappa shape index (κ3) is 2.39. The van der Waals surface area contributed by atoms with Gasteiger partial charge in [-0.2, -0.15) is 0 Å². The fourth-order valence-corrected chi connectivity index (χ4v) is 3.81. The summed E-state index contributed by atoms with van der Waals surface area (Å²) in [5.74, 6) is -2.35. The zero-order chi connectivity index (χ0) is 17.8. The Hall–Kier alpha value is -2.50. The summed E-state index contributed by atoms with van der Waals surface area (Å²) in [6.07, 6.45) is -0.914. The van der Waals surface area contributed by atoms with Gasteiger partial charge >= 0.3 is 0 Å². The molecule has 1 aromatic heterocycles. The van der Waals surface area contributed by atoms with Crippen LogP contribution in [0.1, 0.15) is 29.8 Å². The molecule has 4 nitrogen and oxygen atoms in total. The van der Waals surface area contributed by atoms with Gasteiger partial charge in [0, 0.05) is 18.5 Å². The summed E-state index contributed by atoms with van der Waals surface area (Å²) in [5, 5.41) is 0. The number of fused-ring (bicyclic) bond motifs is 2. The van der Waals surface area contributed by atoms with Gasteiger partial charge in [-0.25, -0.2) is 8.78 Å². The molecule has 1 saturated carbocycles. The number of hydrogen-bond acceptors (Lipinski definition) is 3. The second-order valence-electron chi connectivity index (χ2n) is 6.85. The van der Waals surface area contributed by atoms with Gasteiger partial charge in [0.1, 0.15) is 11.2 Å². The van der Waals surface area contributed by atoms with E-state index in [4.69, 9.17) is 4.74 Å². The first-order valence-corrected chi connectivity index (χ1v) is 8.15. The van der Waals surface area contributed by atoms with Crippen molar-refractivity contribution in [2.24, 2.45) is 0 Å². The van der Waals surface area contributed by atoms with Crippen LogP contribution in [0.2, 0.25) is 0 Å². The minimum atomic E-state index is -2.80. The van der Waals surface area contributed by atoms with Crippen LogP contribution >= 0.6 is 0 Å². The Labute approximate surface area is 144 Å². The molecule has 0 radical (unpaired) electrons. The molecule has 1 amide bonds. The lowest BCUT2D eigenvalue weighted by Crippen LogP contribution is -2.55. The highest BCUT2D eigenvalue weighted by Gasteiger charge is 2.67. The SMILES string of the molecule is COc1ccc(CN2C(=O)C3(CC(F)(F)C3)c3nc(C)ccc32)cc1. The number of aromatic nitrogens is 1. The van der Waals surface area contributed by atoms with Crippen molar-refractivity contribution < 1.29 is 18.3 Å². The van der Waals surface area contributed by atoms with Crippen LogP contribution in [-0.2, 0) is 16.8 Å². The molecule has 6 heteroatoms. The van der Waals surface area contributed by atoms with Crippen LogP contribution in [-0.4, -0.2) is 23.9 Å². The number of hydrogen-bond donors (Lipinski definition) is 0. The Balaban J connectivity index is 1.70. The zero-order valence-corrected chi connectivity index (χ0v) is 14.1. The molecular formula is C19H18F2N2O2. The number of aryl methyl sites for hydroxylation is 1. The Morgan fingerprint density at radius 2 is 1.84 bits per heavy atom. The van der Waals surface area contributed by atoms with E-state index in [1.165, 1.54) is 0 Å². The zero-order valence-electron chi connectivity index (χ0n) is 14.1. The van der Waals surface area contributed by atoms with Crippen molar-refractivity contribution in [1.29, 1.82) is 0 Å². The Kier molecular flexibility index (Phi) is 3.36. The number of carbonyl (C=O) groups is 1. The normalized spacial score (nSPS) is 19.7. The van der Waals surface area contributed by atoms with Crippen LogP contribution in [0.15, 0.2) is 36.4 Å². The first kappa shape index (κ1) is 16.0. The van der Waals surface area contributed by atoms with Gasteiger partial charge in [0.05, 0.1) is 25.0 Å². The van der Waals surface area contributed by atoms with Crippen LogP contribution in [0.5, 0.6) is 5.75 Å². The topological polar surface area (TPSA) is 42.4 Å². The smallest absolute Gasteiger partial charge is 0.251 e. The van der Waals surface area contributed by atoms with Gasteiger partial charge < -0.3 is 9.64 Å². The van der Waals surface area contributed by atoms with Crippen molar-refractivity contribution in [3.63, 3.8) is 0 Å². The molecule has 2 aliphatic rings. The molecule has 0 saturated heterocycles. The number of methoxy groups -OCH3 is 1. The maximum Gasteiger partial charge on any atom is 0.251 e. The average Bonchev–Trinajstić information content (AvgIpc) is 2.77. The minimum Gasteiger partial charge on any atom is -0.497 e.